The maximum atomic E-state index is 2.39. The number of rotatable bonds is 0. The van der Waals surface area contributed by atoms with Crippen molar-refractivity contribution in [2.45, 2.75) is 13.8 Å². The third-order valence-electron chi connectivity index (χ3n) is 8.13. The molecule has 0 saturated heterocycles. The van der Waals surface area contributed by atoms with Crippen molar-refractivity contribution in [2.24, 2.45) is 0 Å². The van der Waals surface area contributed by atoms with E-state index in [9.17, 15) is 0 Å². The lowest BCUT2D eigenvalue weighted by atomic mass is 9.84. The predicted octanol–water partition coefficient (Wildman–Crippen LogP) is 9.81. The molecule has 0 fully saturated rings. The molecular weight excluding hydrogens is 408 g/mol. The summed E-state index contributed by atoms with van der Waals surface area (Å²) in [5, 5.41) is 18.9. The molecule has 0 nitrogen and oxygen atoms in total. The molecule has 8 rings (SSSR count). The molecule has 0 aliphatic carbocycles. The number of hydrogen-bond donors (Lipinski definition) is 0. The first-order chi connectivity index (χ1) is 16.7. The zero-order chi connectivity index (χ0) is 22.6. The van der Waals surface area contributed by atoms with E-state index in [-0.39, 0.29) is 0 Å². The monoisotopic (exact) mass is 430 g/mol. The van der Waals surface area contributed by atoms with Crippen LogP contribution in [0.4, 0.5) is 0 Å². The summed E-state index contributed by atoms with van der Waals surface area (Å²) in [7, 11) is 0. The van der Waals surface area contributed by atoms with E-state index in [1.54, 1.807) is 0 Å². The normalized spacial score (nSPS) is 12.4. The summed E-state index contributed by atoms with van der Waals surface area (Å²) >= 11 is 0. The van der Waals surface area contributed by atoms with Crippen molar-refractivity contribution in [3.8, 4) is 0 Å². The Hall–Kier alpha value is -4.16. The quantitative estimate of drug-likeness (QED) is 0.166. The Morgan fingerprint density at radius 3 is 1.03 bits per heavy atom. The summed E-state index contributed by atoms with van der Waals surface area (Å²) in [5.41, 5.74) is 2.75. The fourth-order valence-electron chi connectivity index (χ4n) is 6.41. The second-order valence-electron chi connectivity index (χ2n) is 9.81. The van der Waals surface area contributed by atoms with Gasteiger partial charge in [0.15, 0.2) is 0 Å². The topological polar surface area (TPSA) is 0 Å². The van der Waals surface area contributed by atoms with Gasteiger partial charge in [0.1, 0.15) is 0 Å². The lowest BCUT2D eigenvalue weighted by Gasteiger charge is -2.19. The molecule has 0 bridgehead atoms. The van der Waals surface area contributed by atoms with Crippen LogP contribution < -0.4 is 0 Å². The van der Waals surface area contributed by atoms with Gasteiger partial charge < -0.3 is 0 Å². The molecule has 0 unspecified atom stereocenters. The molecule has 0 aliphatic heterocycles. The highest BCUT2D eigenvalue weighted by molar-refractivity contribution is 6.35. The van der Waals surface area contributed by atoms with E-state index in [0.717, 1.165) is 0 Å². The van der Waals surface area contributed by atoms with Crippen molar-refractivity contribution in [1.82, 2.24) is 0 Å². The largest absolute Gasteiger partial charge is 0.0616 e. The van der Waals surface area contributed by atoms with Crippen LogP contribution in [-0.4, -0.2) is 0 Å². The van der Waals surface area contributed by atoms with Gasteiger partial charge in [0.2, 0.25) is 0 Å². The Labute approximate surface area is 197 Å². The number of benzene rings is 8. The second kappa shape index (κ2) is 6.24. The van der Waals surface area contributed by atoms with Gasteiger partial charge in [0, 0.05) is 0 Å². The molecule has 0 heterocycles. The molecule has 0 saturated carbocycles. The molecular formula is C34H22. The van der Waals surface area contributed by atoms with E-state index in [4.69, 9.17) is 0 Å². The average molecular weight is 431 g/mol. The van der Waals surface area contributed by atoms with Gasteiger partial charge in [-0.15, -0.1) is 0 Å². The van der Waals surface area contributed by atoms with Gasteiger partial charge in [0.05, 0.1) is 0 Å². The van der Waals surface area contributed by atoms with Crippen LogP contribution in [0.3, 0.4) is 0 Å². The van der Waals surface area contributed by atoms with Crippen LogP contribution in [0.5, 0.6) is 0 Å². The van der Waals surface area contributed by atoms with Crippen LogP contribution in [0, 0.1) is 13.8 Å². The first kappa shape index (κ1) is 18.3. The van der Waals surface area contributed by atoms with E-state index >= 15 is 0 Å². The molecule has 158 valence electrons. The molecule has 34 heavy (non-hydrogen) atoms. The van der Waals surface area contributed by atoms with Crippen molar-refractivity contribution < 1.29 is 0 Å². The van der Waals surface area contributed by atoms with Crippen LogP contribution in [0.15, 0.2) is 97.1 Å². The number of hydrogen-bond acceptors (Lipinski definition) is 0. The maximum Gasteiger partial charge on any atom is -0.00174 e. The maximum absolute atomic E-state index is 2.39. The van der Waals surface area contributed by atoms with Crippen LogP contribution >= 0.6 is 0 Å². The van der Waals surface area contributed by atoms with E-state index in [2.05, 4.69) is 111 Å². The fraction of sp³-hybridized carbons (Fsp3) is 0.0588. The molecule has 8 aromatic carbocycles. The van der Waals surface area contributed by atoms with Gasteiger partial charge in [-0.2, -0.15) is 0 Å². The van der Waals surface area contributed by atoms with E-state index in [1.807, 2.05) is 0 Å². The summed E-state index contributed by atoms with van der Waals surface area (Å²) in [5.74, 6) is 0. The highest BCUT2D eigenvalue weighted by atomic mass is 14.2. The standard InChI is InChI=1S/C34H22/c1-19-25-11-12-26-20(2)30-16-22-8-4-6-10-24(22)18-32(30)28-14-13-27(33(25)34(26)28)31-17-23-9-5-3-7-21(23)15-29(19)31/h3-18H,1-2H3. The van der Waals surface area contributed by atoms with Crippen LogP contribution in [0.1, 0.15) is 11.1 Å². The van der Waals surface area contributed by atoms with Gasteiger partial charge in [-0.05, 0) is 125 Å². The minimum absolute atomic E-state index is 1.30. The highest BCUT2D eigenvalue weighted by Crippen LogP contribution is 2.45. The molecule has 0 spiro atoms. The van der Waals surface area contributed by atoms with Crippen molar-refractivity contribution in [3.63, 3.8) is 0 Å². The number of fused-ring (bicyclic) bond motifs is 6. The van der Waals surface area contributed by atoms with Gasteiger partial charge in [-0.1, -0.05) is 72.8 Å². The van der Waals surface area contributed by atoms with Gasteiger partial charge >= 0.3 is 0 Å². The van der Waals surface area contributed by atoms with E-state index in [1.165, 1.54) is 86.5 Å². The molecule has 0 heteroatoms. The lowest BCUT2D eigenvalue weighted by molar-refractivity contribution is 1.58. The third kappa shape index (κ3) is 2.18. The third-order valence-corrected chi connectivity index (χ3v) is 8.13. The van der Waals surface area contributed by atoms with Crippen molar-refractivity contribution in [2.75, 3.05) is 0 Å². The summed E-state index contributed by atoms with van der Waals surface area (Å²) in [6, 6.07) is 36.4. The lowest BCUT2D eigenvalue weighted by Crippen LogP contribution is -1.93. The molecule has 0 atom stereocenters. The Balaban J connectivity index is 1.66. The Bertz CT molecular complexity index is 1970. The Morgan fingerprint density at radius 2 is 0.647 bits per heavy atom. The van der Waals surface area contributed by atoms with Crippen molar-refractivity contribution >= 4 is 75.4 Å². The summed E-state index contributed by atoms with van der Waals surface area (Å²) < 4.78 is 0. The molecule has 0 radical (unpaired) electrons. The Morgan fingerprint density at radius 1 is 0.324 bits per heavy atom. The minimum atomic E-state index is 1.30. The Kier molecular flexibility index (Phi) is 3.36. The molecule has 0 aliphatic rings. The zero-order valence-electron chi connectivity index (χ0n) is 19.2. The smallest absolute Gasteiger partial charge is 0.00174 e. The SMILES string of the molecule is Cc1c2cc3ccccc3cc2c2ccc3c4cc5ccccc5cc4c(C)c4ccc1c2c43. The van der Waals surface area contributed by atoms with Crippen molar-refractivity contribution in [1.29, 1.82) is 0 Å². The van der Waals surface area contributed by atoms with Crippen molar-refractivity contribution in [3.05, 3.63) is 108 Å². The van der Waals surface area contributed by atoms with E-state index in [0.29, 0.717) is 0 Å². The molecule has 0 amide bonds. The minimum Gasteiger partial charge on any atom is -0.0616 e. The molecule has 8 aromatic rings. The molecule has 0 N–H and O–H groups in total. The predicted molar refractivity (Wildman–Crippen MR) is 150 cm³/mol. The fourth-order valence-corrected chi connectivity index (χ4v) is 6.41. The highest BCUT2D eigenvalue weighted by Gasteiger charge is 2.18. The zero-order valence-corrected chi connectivity index (χ0v) is 19.2. The van der Waals surface area contributed by atoms with Crippen LogP contribution in [0.2, 0.25) is 0 Å². The summed E-state index contributed by atoms with van der Waals surface area (Å²) in [6.07, 6.45) is 0. The van der Waals surface area contributed by atoms with Crippen LogP contribution in [0.25, 0.3) is 75.4 Å². The first-order valence-corrected chi connectivity index (χ1v) is 12.0. The second-order valence-corrected chi connectivity index (χ2v) is 9.81. The van der Waals surface area contributed by atoms with Gasteiger partial charge in [-0.3, -0.25) is 0 Å². The number of aryl methyl sites for hydroxylation is 2. The summed E-state index contributed by atoms with van der Waals surface area (Å²) in [4.78, 5) is 0. The summed E-state index contributed by atoms with van der Waals surface area (Å²) in [6.45, 7) is 4.59. The van der Waals surface area contributed by atoms with E-state index < -0.39 is 0 Å². The molecule has 0 aromatic heterocycles. The average Bonchev–Trinajstić information content (AvgIpc) is 2.88. The van der Waals surface area contributed by atoms with Gasteiger partial charge in [0.25, 0.3) is 0 Å². The van der Waals surface area contributed by atoms with Crippen LogP contribution in [-0.2, 0) is 0 Å². The van der Waals surface area contributed by atoms with Gasteiger partial charge in [-0.25, -0.2) is 0 Å². The first-order valence-electron chi connectivity index (χ1n) is 12.0.